The molecule has 0 bridgehead atoms. The maximum absolute atomic E-state index is 13.8. The summed E-state index contributed by atoms with van der Waals surface area (Å²) in [6, 6.07) is 35.5. The van der Waals surface area contributed by atoms with E-state index in [-0.39, 0.29) is 5.91 Å². The molecule has 4 nitrogen and oxygen atoms in total. The van der Waals surface area contributed by atoms with Crippen LogP contribution < -0.4 is 5.32 Å². The molecule has 4 heteroatoms. The van der Waals surface area contributed by atoms with Gasteiger partial charge in [0.15, 0.2) is 0 Å². The molecule has 5 aromatic rings. The van der Waals surface area contributed by atoms with Crippen molar-refractivity contribution < 1.29 is 4.79 Å². The molecule has 0 fully saturated rings. The highest BCUT2D eigenvalue weighted by molar-refractivity contribution is 5.88. The first-order chi connectivity index (χ1) is 16.2. The second-order valence-corrected chi connectivity index (χ2v) is 8.25. The van der Waals surface area contributed by atoms with Gasteiger partial charge in [-0.3, -0.25) is 4.79 Å². The van der Waals surface area contributed by atoms with Gasteiger partial charge in [0.05, 0.1) is 17.0 Å². The summed E-state index contributed by atoms with van der Waals surface area (Å²) >= 11 is 0. The van der Waals surface area contributed by atoms with E-state index in [0.717, 1.165) is 39.1 Å². The Morgan fingerprint density at radius 3 is 1.88 bits per heavy atom. The monoisotopic (exact) mass is 431 g/mol. The Hall–Kier alpha value is -4.18. The highest BCUT2D eigenvalue weighted by atomic mass is 16.2. The quantitative estimate of drug-likeness (QED) is 0.351. The van der Waals surface area contributed by atoms with Crippen molar-refractivity contribution in [3.8, 4) is 0 Å². The molecular formula is C29H25N3O. The molecule has 4 aromatic carbocycles. The lowest BCUT2D eigenvalue weighted by Crippen LogP contribution is -2.34. The molecule has 0 aliphatic heterocycles. The summed E-state index contributed by atoms with van der Waals surface area (Å²) in [5.41, 5.74) is 5.88. The van der Waals surface area contributed by atoms with Gasteiger partial charge in [0.25, 0.3) is 0 Å². The molecular weight excluding hydrogens is 406 g/mol. The van der Waals surface area contributed by atoms with Gasteiger partial charge in [0.1, 0.15) is 11.9 Å². The summed E-state index contributed by atoms with van der Waals surface area (Å²) in [6.45, 7) is 2.06. The van der Waals surface area contributed by atoms with Crippen LogP contribution in [0.25, 0.3) is 11.0 Å². The van der Waals surface area contributed by atoms with E-state index < -0.39 is 12.0 Å². The molecule has 0 spiro atoms. The first-order valence-corrected chi connectivity index (χ1v) is 11.1. The number of imidazole rings is 1. The van der Waals surface area contributed by atoms with Gasteiger partial charge in [0, 0.05) is 0 Å². The fourth-order valence-electron chi connectivity index (χ4n) is 4.25. The molecule has 2 N–H and O–H groups in total. The molecule has 0 aliphatic rings. The maximum Gasteiger partial charge on any atom is 0.232 e. The third-order valence-corrected chi connectivity index (χ3v) is 5.88. The first kappa shape index (κ1) is 20.7. The average molecular weight is 432 g/mol. The minimum atomic E-state index is -0.426. The summed E-state index contributed by atoms with van der Waals surface area (Å²) in [5.74, 6) is 0.221. The number of amides is 1. The Balaban J connectivity index is 1.56. The third-order valence-electron chi connectivity index (χ3n) is 5.88. The van der Waals surface area contributed by atoms with Gasteiger partial charge in [0.2, 0.25) is 5.91 Å². The lowest BCUT2D eigenvalue weighted by atomic mass is 9.90. The van der Waals surface area contributed by atoms with Crippen LogP contribution in [0.1, 0.15) is 40.0 Å². The molecule has 1 unspecified atom stereocenters. The van der Waals surface area contributed by atoms with Crippen molar-refractivity contribution in [3.63, 3.8) is 0 Å². The minimum Gasteiger partial charge on any atom is -0.341 e. The van der Waals surface area contributed by atoms with Crippen LogP contribution in [0, 0.1) is 6.92 Å². The van der Waals surface area contributed by atoms with E-state index in [1.807, 2.05) is 103 Å². The average Bonchev–Trinajstić information content (AvgIpc) is 3.27. The largest absolute Gasteiger partial charge is 0.341 e. The Bertz CT molecular complexity index is 1320. The first-order valence-electron chi connectivity index (χ1n) is 11.1. The van der Waals surface area contributed by atoms with Crippen molar-refractivity contribution in [2.45, 2.75) is 18.9 Å². The second kappa shape index (κ2) is 9.13. The lowest BCUT2D eigenvalue weighted by molar-refractivity contribution is -0.122. The third kappa shape index (κ3) is 4.41. The van der Waals surface area contributed by atoms with Crippen molar-refractivity contribution in [1.29, 1.82) is 0 Å². The number of nitrogens with zero attached hydrogens (tertiary/aromatic N) is 1. The molecule has 1 aromatic heterocycles. The van der Waals surface area contributed by atoms with Crippen LogP contribution in [0.5, 0.6) is 0 Å². The van der Waals surface area contributed by atoms with Crippen molar-refractivity contribution >= 4 is 16.9 Å². The smallest absolute Gasteiger partial charge is 0.232 e. The normalized spacial score (nSPS) is 12.1. The summed E-state index contributed by atoms with van der Waals surface area (Å²) in [6.07, 6.45) is 0. The Morgan fingerprint density at radius 1 is 0.758 bits per heavy atom. The summed E-state index contributed by atoms with van der Waals surface area (Å²) in [5, 5.41) is 3.29. The number of hydrogen-bond acceptors (Lipinski definition) is 2. The lowest BCUT2D eigenvalue weighted by Gasteiger charge is -2.23. The number of hydrogen-bond donors (Lipinski definition) is 2. The summed E-state index contributed by atoms with van der Waals surface area (Å²) in [4.78, 5) is 22.1. The molecule has 1 atom stereocenters. The molecule has 162 valence electrons. The van der Waals surface area contributed by atoms with Gasteiger partial charge in [-0.15, -0.1) is 0 Å². The Morgan fingerprint density at radius 2 is 1.30 bits per heavy atom. The zero-order chi connectivity index (χ0) is 22.6. The number of H-pyrrole nitrogens is 1. The molecule has 5 rings (SSSR count). The van der Waals surface area contributed by atoms with Crippen LogP contribution in [-0.4, -0.2) is 15.9 Å². The minimum absolute atomic E-state index is 0.0714. The van der Waals surface area contributed by atoms with Gasteiger partial charge in [-0.05, 0) is 41.3 Å². The van der Waals surface area contributed by atoms with E-state index in [1.54, 1.807) is 0 Å². The number of rotatable bonds is 6. The van der Waals surface area contributed by atoms with E-state index in [4.69, 9.17) is 4.98 Å². The highest BCUT2D eigenvalue weighted by Gasteiger charge is 2.27. The molecule has 0 saturated heterocycles. The fourth-order valence-corrected chi connectivity index (χ4v) is 4.25. The molecule has 33 heavy (non-hydrogen) atoms. The predicted molar refractivity (Wildman–Crippen MR) is 132 cm³/mol. The van der Waals surface area contributed by atoms with E-state index in [1.165, 1.54) is 0 Å². The van der Waals surface area contributed by atoms with Crippen LogP contribution >= 0.6 is 0 Å². The van der Waals surface area contributed by atoms with Gasteiger partial charge < -0.3 is 10.3 Å². The van der Waals surface area contributed by atoms with Crippen molar-refractivity contribution in [1.82, 2.24) is 15.3 Å². The predicted octanol–water partition coefficient (Wildman–Crippen LogP) is 5.91. The SMILES string of the molecule is Cc1ccc2nc(C(NC(=O)C(c3ccccc3)c3ccccc3)c3ccccc3)[nH]c2c1. The number of carbonyl (C=O) groups excluding carboxylic acids is 1. The number of nitrogens with one attached hydrogen (secondary N) is 2. The molecule has 0 radical (unpaired) electrons. The van der Waals surface area contributed by atoms with Gasteiger partial charge in [-0.1, -0.05) is 97.1 Å². The van der Waals surface area contributed by atoms with Gasteiger partial charge >= 0.3 is 0 Å². The van der Waals surface area contributed by atoms with Crippen molar-refractivity contribution in [3.05, 3.63) is 137 Å². The topological polar surface area (TPSA) is 57.8 Å². The summed E-state index contributed by atoms with van der Waals surface area (Å²) in [7, 11) is 0. The van der Waals surface area contributed by atoms with Crippen molar-refractivity contribution in [2.24, 2.45) is 0 Å². The van der Waals surface area contributed by atoms with Gasteiger partial charge in [-0.2, -0.15) is 0 Å². The van der Waals surface area contributed by atoms with E-state index in [0.29, 0.717) is 0 Å². The Labute approximate surface area is 193 Å². The van der Waals surface area contributed by atoms with Crippen LogP contribution in [0.3, 0.4) is 0 Å². The Kier molecular flexibility index (Phi) is 5.73. The maximum atomic E-state index is 13.8. The van der Waals surface area contributed by atoms with E-state index in [9.17, 15) is 4.79 Å². The number of aromatic amines is 1. The van der Waals surface area contributed by atoms with Crippen LogP contribution in [-0.2, 0) is 4.79 Å². The summed E-state index contributed by atoms with van der Waals surface area (Å²) < 4.78 is 0. The number of aryl methyl sites for hydroxylation is 1. The van der Waals surface area contributed by atoms with Crippen LogP contribution in [0.15, 0.2) is 109 Å². The molecule has 1 heterocycles. The van der Waals surface area contributed by atoms with Crippen molar-refractivity contribution in [2.75, 3.05) is 0 Å². The second-order valence-electron chi connectivity index (χ2n) is 8.25. The van der Waals surface area contributed by atoms with Gasteiger partial charge in [-0.25, -0.2) is 4.98 Å². The highest BCUT2D eigenvalue weighted by Crippen LogP contribution is 2.28. The van der Waals surface area contributed by atoms with Crippen LogP contribution in [0.2, 0.25) is 0 Å². The molecule has 1 amide bonds. The van der Waals surface area contributed by atoms with E-state index in [2.05, 4.69) is 23.3 Å². The zero-order valence-electron chi connectivity index (χ0n) is 18.4. The number of benzene rings is 4. The number of aromatic nitrogens is 2. The zero-order valence-corrected chi connectivity index (χ0v) is 18.4. The number of carbonyl (C=O) groups is 1. The van der Waals surface area contributed by atoms with Crippen LogP contribution in [0.4, 0.5) is 0 Å². The molecule has 0 saturated carbocycles. The standard InChI is InChI=1S/C29H25N3O/c1-20-17-18-24-25(19-20)31-28(30-24)27(23-15-9-4-10-16-23)32-29(33)26(21-11-5-2-6-12-21)22-13-7-3-8-14-22/h2-19,26-27H,1H3,(H,30,31)(H,32,33). The molecule has 0 aliphatic carbocycles. The fraction of sp³-hybridized carbons (Fsp3) is 0.103. The van der Waals surface area contributed by atoms with E-state index >= 15 is 0 Å². The number of fused-ring (bicyclic) bond motifs is 1.